The molecule has 2 nitrogen and oxygen atoms in total. The lowest BCUT2D eigenvalue weighted by atomic mass is 9.94. The molecule has 1 heterocycles. The Kier molecular flexibility index (Phi) is 3.91. The molecule has 0 saturated heterocycles. The molecular weight excluding hydrogens is 291 g/mol. The number of thioether (sulfide) groups is 1. The number of imidazole rings is 1. The van der Waals surface area contributed by atoms with Crippen molar-refractivity contribution < 1.29 is 4.39 Å². The van der Waals surface area contributed by atoms with E-state index in [2.05, 4.69) is 15.8 Å². The van der Waals surface area contributed by atoms with Crippen LogP contribution in [0.5, 0.6) is 0 Å². The standard InChI is InChI=1S/C15H19FN2S2/c1-9-7-14-13(8-12(9)16)17-15(19)18(14)10-3-5-11(20-2)6-4-10/h7-8,10-11H,3-6H2,1-2H3,(H,17,19). The van der Waals surface area contributed by atoms with Crippen LogP contribution in [0.4, 0.5) is 4.39 Å². The van der Waals surface area contributed by atoms with E-state index in [1.165, 1.54) is 12.8 Å². The monoisotopic (exact) mass is 310 g/mol. The lowest BCUT2D eigenvalue weighted by Gasteiger charge is -2.28. The average Bonchev–Trinajstić information content (AvgIpc) is 2.75. The molecule has 0 amide bonds. The van der Waals surface area contributed by atoms with Crippen LogP contribution in [0.1, 0.15) is 37.3 Å². The summed E-state index contributed by atoms with van der Waals surface area (Å²) in [6, 6.07) is 3.92. The number of H-pyrrole nitrogens is 1. The summed E-state index contributed by atoms with van der Waals surface area (Å²) >= 11 is 7.42. The number of aryl methyl sites for hydroxylation is 1. The molecule has 1 saturated carbocycles. The summed E-state index contributed by atoms with van der Waals surface area (Å²) < 4.78 is 16.6. The zero-order valence-electron chi connectivity index (χ0n) is 11.8. The number of aromatic nitrogens is 2. The second-order valence-electron chi connectivity index (χ2n) is 5.58. The molecule has 1 aromatic heterocycles. The van der Waals surface area contributed by atoms with Crippen molar-refractivity contribution >= 4 is 35.0 Å². The highest BCUT2D eigenvalue weighted by molar-refractivity contribution is 7.99. The summed E-state index contributed by atoms with van der Waals surface area (Å²) in [5.74, 6) is -0.174. The number of halogens is 1. The topological polar surface area (TPSA) is 20.7 Å². The van der Waals surface area contributed by atoms with Gasteiger partial charge < -0.3 is 9.55 Å². The quantitative estimate of drug-likeness (QED) is 0.789. The Morgan fingerprint density at radius 2 is 2.00 bits per heavy atom. The van der Waals surface area contributed by atoms with E-state index >= 15 is 0 Å². The molecule has 20 heavy (non-hydrogen) atoms. The number of benzene rings is 1. The third kappa shape index (κ3) is 2.42. The van der Waals surface area contributed by atoms with E-state index in [1.54, 1.807) is 13.0 Å². The zero-order chi connectivity index (χ0) is 14.3. The van der Waals surface area contributed by atoms with Crippen molar-refractivity contribution in [3.05, 3.63) is 28.3 Å². The van der Waals surface area contributed by atoms with Gasteiger partial charge in [0.05, 0.1) is 11.0 Å². The normalized spacial score (nSPS) is 23.4. The first-order valence-corrected chi connectivity index (χ1v) is 8.73. The van der Waals surface area contributed by atoms with E-state index in [0.717, 1.165) is 33.9 Å². The van der Waals surface area contributed by atoms with Crippen molar-refractivity contribution in [3.8, 4) is 0 Å². The smallest absolute Gasteiger partial charge is 0.178 e. The van der Waals surface area contributed by atoms with Gasteiger partial charge in [-0.1, -0.05) is 0 Å². The lowest BCUT2D eigenvalue weighted by Crippen LogP contribution is -2.19. The Hall–Kier alpha value is -0.810. The van der Waals surface area contributed by atoms with Gasteiger partial charge in [-0.15, -0.1) is 0 Å². The molecule has 5 heteroatoms. The van der Waals surface area contributed by atoms with E-state index in [-0.39, 0.29) is 5.82 Å². The van der Waals surface area contributed by atoms with Crippen molar-refractivity contribution in [3.63, 3.8) is 0 Å². The van der Waals surface area contributed by atoms with Crippen LogP contribution in [0.3, 0.4) is 0 Å². The van der Waals surface area contributed by atoms with Gasteiger partial charge in [0.15, 0.2) is 4.77 Å². The maximum atomic E-state index is 13.7. The highest BCUT2D eigenvalue weighted by Crippen LogP contribution is 2.35. The SMILES string of the molecule is CSC1CCC(n2c(=S)[nH]c3cc(F)c(C)cc32)CC1. The van der Waals surface area contributed by atoms with Crippen LogP contribution in [0.2, 0.25) is 0 Å². The first kappa shape index (κ1) is 14.1. The molecule has 0 bridgehead atoms. The highest BCUT2D eigenvalue weighted by atomic mass is 32.2. The van der Waals surface area contributed by atoms with Crippen molar-refractivity contribution in [1.82, 2.24) is 9.55 Å². The number of nitrogens with one attached hydrogen (secondary N) is 1. The zero-order valence-corrected chi connectivity index (χ0v) is 13.4. The first-order chi connectivity index (χ1) is 9.60. The van der Waals surface area contributed by atoms with Crippen LogP contribution in [-0.2, 0) is 0 Å². The van der Waals surface area contributed by atoms with Gasteiger partial charge >= 0.3 is 0 Å². The molecule has 1 aliphatic rings. The van der Waals surface area contributed by atoms with Crippen molar-refractivity contribution in [2.24, 2.45) is 0 Å². The highest BCUT2D eigenvalue weighted by Gasteiger charge is 2.23. The summed E-state index contributed by atoms with van der Waals surface area (Å²) in [7, 11) is 0. The van der Waals surface area contributed by atoms with Gasteiger partial charge in [-0.2, -0.15) is 11.8 Å². The Bertz CT molecular complexity index is 681. The number of fused-ring (bicyclic) bond motifs is 1. The van der Waals surface area contributed by atoms with E-state index in [1.807, 2.05) is 17.8 Å². The van der Waals surface area contributed by atoms with E-state index in [9.17, 15) is 4.39 Å². The van der Waals surface area contributed by atoms with Gasteiger partial charge in [0.1, 0.15) is 5.82 Å². The molecule has 1 fully saturated rings. The third-order valence-electron chi connectivity index (χ3n) is 4.34. The van der Waals surface area contributed by atoms with Gasteiger partial charge in [-0.05, 0) is 68.8 Å². The summed E-state index contributed by atoms with van der Waals surface area (Å²) in [6.07, 6.45) is 6.97. The largest absolute Gasteiger partial charge is 0.330 e. The van der Waals surface area contributed by atoms with Crippen molar-refractivity contribution in [2.75, 3.05) is 6.26 Å². The second-order valence-corrected chi connectivity index (χ2v) is 7.11. The summed E-state index contributed by atoms with van der Waals surface area (Å²) in [6.45, 7) is 1.81. The number of hydrogen-bond acceptors (Lipinski definition) is 2. The molecular formula is C15H19FN2S2. The van der Waals surface area contributed by atoms with Crippen LogP contribution in [0, 0.1) is 17.5 Å². The average molecular weight is 310 g/mol. The first-order valence-electron chi connectivity index (χ1n) is 7.03. The summed E-state index contributed by atoms with van der Waals surface area (Å²) in [5, 5.41) is 0.782. The van der Waals surface area contributed by atoms with E-state index in [0.29, 0.717) is 11.6 Å². The fourth-order valence-electron chi connectivity index (χ4n) is 3.15. The molecule has 1 aromatic carbocycles. The number of nitrogens with zero attached hydrogens (tertiary/aromatic N) is 1. The van der Waals surface area contributed by atoms with E-state index in [4.69, 9.17) is 12.2 Å². The Balaban J connectivity index is 2.01. The molecule has 3 rings (SSSR count). The molecule has 108 valence electrons. The van der Waals surface area contributed by atoms with Gasteiger partial charge in [0.25, 0.3) is 0 Å². The van der Waals surface area contributed by atoms with Crippen LogP contribution in [0.25, 0.3) is 11.0 Å². The predicted octanol–water partition coefficient (Wildman–Crippen LogP) is 4.99. The Morgan fingerprint density at radius 1 is 1.30 bits per heavy atom. The molecule has 1 N–H and O–H groups in total. The fourth-order valence-corrected chi connectivity index (χ4v) is 4.25. The lowest BCUT2D eigenvalue weighted by molar-refractivity contribution is 0.364. The van der Waals surface area contributed by atoms with Crippen LogP contribution >= 0.6 is 24.0 Å². The fraction of sp³-hybridized carbons (Fsp3) is 0.533. The Morgan fingerprint density at radius 3 is 2.65 bits per heavy atom. The number of aromatic amines is 1. The van der Waals surface area contributed by atoms with Crippen molar-refractivity contribution in [1.29, 1.82) is 0 Å². The van der Waals surface area contributed by atoms with Crippen LogP contribution in [-0.4, -0.2) is 21.1 Å². The second kappa shape index (κ2) is 5.53. The van der Waals surface area contributed by atoms with Crippen molar-refractivity contribution in [2.45, 2.75) is 43.9 Å². The minimum absolute atomic E-state index is 0.174. The number of rotatable bonds is 2. The maximum absolute atomic E-state index is 13.7. The minimum Gasteiger partial charge on any atom is -0.330 e. The molecule has 2 aromatic rings. The van der Waals surface area contributed by atoms with E-state index < -0.39 is 0 Å². The van der Waals surface area contributed by atoms with Gasteiger partial charge in [-0.25, -0.2) is 4.39 Å². The third-order valence-corrected chi connectivity index (χ3v) is 5.78. The molecule has 0 atom stereocenters. The maximum Gasteiger partial charge on any atom is 0.178 e. The van der Waals surface area contributed by atoms with Gasteiger partial charge in [-0.3, -0.25) is 0 Å². The minimum atomic E-state index is -0.174. The molecule has 0 aliphatic heterocycles. The summed E-state index contributed by atoms with van der Waals surface area (Å²) in [4.78, 5) is 3.15. The van der Waals surface area contributed by atoms with Gasteiger partial charge in [0.2, 0.25) is 0 Å². The molecule has 0 radical (unpaired) electrons. The molecule has 1 aliphatic carbocycles. The van der Waals surface area contributed by atoms with Gasteiger partial charge in [0, 0.05) is 11.3 Å². The number of hydrogen-bond donors (Lipinski definition) is 1. The molecule has 0 spiro atoms. The summed E-state index contributed by atoms with van der Waals surface area (Å²) in [5.41, 5.74) is 2.53. The molecule has 0 unspecified atom stereocenters. The Labute approximate surface area is 127 Å². The predicted molar refractivity (Wildman–Crippen MR) is 86.6 cm³/mol. The van der Waals surface area contributed by atoms with Crippen LogP contribution < -0.4 is 0 Å². The van der Waals surface area contributed by atoms with Crippen LogP contribution in [0.15, 0.2) is 12.1 Å².